The molecule has 0 unspecified atom stereocenters. The van der Waals surface area contributed by atoms with Crippen molar-refractivity contribution in [1.82, 2.24) is 23.9 Å². The van der Waals surface area contributed by atoms with E-state index in [2.05, 4.69) is 117 Å². The quantitative estimate of drug-likeness (QED) is 0.194. The molecule has 0 aliphatic heterocycles. The molecule has 0 saturated heterocycles. The highest BCUT2D eigenvalue weighted by atomic mass is 15.3. The third kappa shape index (κ3) is 3.64. The maximum Gasteiger partial charge on any atom is 0.212 e. The molecule has 0 bridgehead atoms. The fourth-order valence-corrected chi connectivity index (χ4v) is 6.83. The van der Waals surface area contributed by atoms with Crippen molar-refractivity contribution in [2.45, 2.75) is 0 Å². The fourth-order valence-electron chi connectivity index (χ4n) is 6.83. The summed E-state index contributed by atoms with van der Waals surface area (Å²) in [6.07, 6.45) is 8.31. The second kappa shape index (κ2) is 9.55. The van der Waals surface area contributed by atoms with Crippen LogP contribution in [0.4, 0.5) is 0 Å². The number of imidazole rings is 1. The molecule has 0 atom stereocenters. The highest BCUT2D eigenvalue weighted by molar-refractivity contribution is 6.10. The van der Waals surface area contributed by atoms with Gasteiger partial charge in [-0.1, -0.05) is 102 Å². The minimum absolute atomic E-state index is 0.916. The summed E-state index contributed by atoms with van der Waals surface area (Å²) in [5.41, 5.74) is 11.1. The van der Waals surface area contributed by atoms with Gasteiger partial charge in [-0.05, 0) is 35.4 Å². The van der Waals surface area contributed by atoms with Crippen LogP contribution >= 0.6 is 0 Å². The molecule has 6 aromatic heterocycles. The Morgan fingerprint density at radius 2 is 1.13 bits per heavy atom. The Morgan fingerprint density at radius 1 is 0.478 bits per heavy atom. The van der Waals surface area contributed by atoms with E-state index in [1.54, 1.807) is 0 Å². The van der Waals surface area contributed by atoms with E-state index in [9.17, 15) is 0 Å². The lowest BCUT2D eigenvalue weighted by molar-refractivity contribution is -0.615. The molecular formula is C40H25N6+. The summed E-state index contributed by atoms with van der Waals surface area (Å²) in [7, 11) is 0. The van der Waals surface area contributed by atoms with Gasteiger partial charge in [0.2, 0.25) is 18.0 Å². The lowest BCUT2D eigenvalue weighted by Gasteiger charge is -2.10. The van der Waals surface area contributed by atoms with Crippen LogP contribution in [0.2, 0.25) is 0 Å². The van der Waals surface area contributed by atoms with Crippen molar-refractivity contribution in [3.8, 4) is 33.6 Å². The Balaban J connectivity index is 1.06. The molecule has 10 rings (SSSR count). The Kier molecular flexibility index (Phi) is 5.19. The lowest BCUT2D eigenvalue weighted by atomic mass is 9.98. The maximum absolute atomic E-state index is 5.20. The zero-order valence-corrected chi connectivity index (χ0v) is 24.6. The smallest absolute Gasteiger partial charge is 0.212 e. The number of hydrogen-bond donors (Lipinski definition) is 0. The number of hydrogen-bond acceptors (Lipinski definition) is 3. The molecule has 0 radical (unpaired) electrons. The molecule has 6 heterocycles. The summed E-state index contributed by atoms with van der Waals surface area (Å²) < 4.78 is 6.31. The number of fused-ring (bicyclic) bond motifs is 10. The number of para-hydroxylation sites is 1. The van der Waals surface area contributed by atoms with Gasteiger partial charge >= 0.3 is 0 Å². The Bertz CT molecular complexity index is 2790. The molecule has 0 fully saturated rings. The van der Waals surface area contributed by atoms with Gasteiger partial charge < -0.3 is 0 Å². The molecule has 6 heteroatoms. The Hall–Kier alpha value is -6.40. The van der Waals surface area contributed by atoms with Gasteiger partial charge in [0.15, 0.2) is 0 Å². The molecule has 0 saturated carbocycles. The zero-order chi connectivity index (χ0) is 30.2. The molecule has 0 N–H and O–H groups in total. The largest absolute Gasteiger partial charge is 0.298 e. The van der Waals surface area contributed by atoms with E-state index < -0.39 is 0 Å². The average molecular weight is 590 g/mol. The van der Waals surface area contributed by atoms with E-state index in [-0.39, 0.29) is 0 Å². The lowest BCUT2D eigenvalue weighted by Crippen LogP contribution is -2.25. The second-order valence-electron chi connectivity index (χ2n) is 11.7. The first kappa shape index (κ1) is 25.0. The van der Waals surface area contributed by atoms with Crippen LogP contribution in [-0.4, -0.2) is 23.9 Å². The highest BCUT2D eigenvalue weighted by Crippen LogP contribution is 2.35. The molecule has 0 aliphatic rings. The van der Waals surface area contributed by atoms with Crippen molar-refractivity contribution in [2.75, 3.05) is 0 Å². The number of nitrogens with zero attached hydrogens (tertiary/aromatic N) is 6. The molecule has 46 heavy (non-hydrogen) atoms. The van der Waals surface area contributed by atoms with Gasteiger partial charge in [0.05, 0.1) is 34.0 Å². The van der Waals surface area contributed by atoms with Crippen molar-refractivity contribution in [3.63, 3.8) is 0 Å². The molecular weight excluding hydrogens is 564 g/mol. The topological polar surface area (TPSA) is 51.6 Å². The predicted octanol–water partition coefficient (Wildman–Crippen LogP) is 8.58. The first-order valence-electron chi connectivity index (χ1n) is 15.4. The normalized spacial score (nSPS) is 11.9. The van der Waals surface area contributed by atoms with Crippen molar-refractivity contribution in [1.29, 1.82) is 0 Å². The van der Waals surface area contributed by atoms with Crippen LogP contribution in [0, 0.1) is 0 Å². The minimum Gasteiger partial charge on any atom is -0.298 e. The summed E-state index contributed by atoms with van der Waals surface area (Å²) in [6.45, 7) is 0. The van der Waals surface area contributed by atoms with Crippen molar-refractivity contribution < 1.29 is 4.52 Å². The first-order valence-corrected chi connectivity index (χ1v) is 15.4. The van der Waals surface area contributed by atoms with E-state index >= 15 is 0 Å². The SMILES string of the molecule is c1ccc2c(c1)nc(-c1ccc(-c3ccc(-c4nc5c(c[n+]6ccccn56)c5ccccc45)cc3)cc1)c1c2nc2ccccn21. The van der Waals surface area contributed by atoms with Crippen LogP contribution in [0.5, 0.6) is 0 Å². The number of benzene rings is 4. The van der Waals surface area contributed by atoms with Crippen molar-refractivity contribution in [2.24, 2.45) is 0 Å². The van der Waals surface area contributed by atoms with Gasteiger partial charge in [0.25, 0.3) is 0 Å². The highest BCUT2D eigenvalue weighted by Gasteiger charge is 2.19. The number of rotatable bonds is 3. The minimum atomic E-state index is 0.916. The predicted molar refractivity (Wildman–Crippen MR) is 184 cm³/mol. The molecule has 0 amide bonds. The second-order valence-corrected chi connectivity index (χ2v) is 11.7. The van der Waals surface area contributed by atoms with Crippen LogP contribution in [-0.2, 0) is 0 Å². The van der Waals surface area contributed by atoms with E-state index in [0.717, 1.165) is 77.6 Å². The molecule has 6 nitrogen and oxygen atoms in total. The first-order chi connectivity index (χ1) is 22.8. The molecule has 214 valence electrons. The molecule has 10 aromatic rings. The summed E-state index contributed by atoms with van der Waals surface area (Å²) in [5.74, 6) is 0. The summed E-state index contributed by atoms with van der Waals surface area (Å²) in [6, 6.07) is 44.4. The summed E-state index contributed by atoms with van der Waals surface area (Å²) in [5, 5.41) is 4.53. The van der Waals surface area contributed by atoms with E-state index in [1.807, 2.05) is 48.7 Å². The van der Waals surface area contributed by atoms with Gasteiger partial charge in [-0.25, -0.2) is 15.0 Å². The van der Waals surface area contributed by atoms with Gasteiger partial charge in [-0.15, -0.1) is 4.52 Å². The van der Waals surface area contributed by atoms with Crippen LogP contribution in [0.15, 0.2) is 152 Å². The molecule has 0 aliphatic carbocycles. The van der Waals surface area contributed by atoms with Crippen molar-refractivity contribution >= 4 is 49.4 Å². The van der Waals surface area contributed by atoms with E-state index in [0.29, 0.717) is 0 Å². The third-order valence-electron chi connectivity index (χ3n) is 9.03. The third-order valence-corrected chi connectivity index (χ3v) is 9.03. The van der Waals surface area contributed by atoms with Crippen LogP contribution in [0.3, 0.4) is 0 Å². The molecule has 4 aromatic carbocycles. The Morgan fingerprint density at radius 3 is 1.93 bits per heavy atom. The number of pyridine rings is 3. The Labute approximate surface area is 263 Å². The zero-order valence-electron chi connectivity index (χ0n) is 24.6. The monoisotopic (exact) mass is 589 g/mol. The van der Waals surface area contributed by atoms with Crippen LogP contribution < -0.4 is 4.52 Å². The van der Waals surface area contributed by atoms with Crippen molar-refractivity contribution in [3.05, 3.63) is 152 Å². The van der Waals surface area contributed by atoms with E-state index in [4.69, 9.17) is 15.0 Å². The standard InChI is InChI=1S/C40H25N6/c1-2-10-31-30(9-1)33-25-44-22-7-8-24-46(44)40(33)43-36(31)28-18-14-26(15-19-28)27-16-20-29(21-17-27)37-39-38(32-11-3-4-12-34(32)41-37)42-35-13-5-6-23-45(35)39/h1-25H/q+1. The summed E-state index contributed by atoms with van der Waals surface area (Å²) in [4.78, 5) is 15.3. The van der Waals surface area contributed by atoms with Gasteiger partial charge in [-0.2, -0.15) is 0 Å². The van der Waals surface area contributed by atoms with Crippen LogP contribution in [0.25, 0.3) is 83.0 Å². The van der Waals surface area contributed by atoms with Gasteiger partial charge in [0.1, 0.15) is 11.2 Å². The fraction of sp³-hybridized carbons (Fsp3) is 0. The summed E-state index contributed by atoms with van der Waals surface area (Å²) >= 11 is 0. The van der Waals surface area contributed by atoms with Crippen LogP contribution in [0.1, 0.15) is 0 Å². The van der Waals surface area contributed by atoms with Gasteiger partial charge in [-0.3, -0.25) is 4.40 Å². The average Bonchev–Trinajstić information content (AvgIpc) is 3.71. The van der Waals surface area contributed by atoms with E-state index in [1.165, 1.54) is 5.39 Å². The maximum atomic E-state index is 5.20. The number of aromatic nitrogens is 6. The molecule has 0 spiro atoms. The van der Waals surface area contributed by atoms with Gasteiger partial charge in [0, 0.05) is 39.5 Å².